The number of rotatable bonds is 3. The Morgan fingerprint density at radius 1 is 0.359 bits per heavy atom. The molecule has 0 aliphatic heterocycles. The number of halogens is 2. The maximum atomic E-state index is 4.27. The first-order chi connectivity index (χ1) is 18.7. The van der Waals surface area contributed by atoms with Crippen molar-refractivity contribution < 1.29 is 20.1 Å². The van der Waals surface area contributed by atoms with Gasteiger partial charge in [-0.1, -0.05) is 105 Å². The number of benzene rings is 3. The molecule has 0 amide bonds. The second kappa shape index (κ2) is 16.6. The predicted octanol–water partition coefficient (Wildman–Crippen LogP) is 9.77. The van der Waals surface area contributed by atoms with Crippen LogP contribution in [0.1, 0.15) is 0 Å². The quantitative estimate of drug-likeness (QED) is 0.179. The number of pyridine rings is 3. The molecule has 39 heavy (non-hydrogen) atoms. The van der Waals surface area contributed by atoms with E-state index < -0.39 is 0 Å². The smallest absolute Gasteiger partial charge is 0.0702 e. The minimum Gasteiger partial charge on any atom is -0.256 e. The van der Waals surface area contributed by atoms with Gasteiger partial charge in [0.2, 0.25) is 0 Å². The molecule has 0 saturated heterocycles. The Labute approximate surface area is 260 Å². The largest absolute Gasteiger partial charge is 0.256 e. The number of hydrogen-bond acceptors (Lipinski definition) is 3. The third-order valence-corrected chi connectivity index (χ3v) is 6.29. The van der Waals surface area contributed by atoms with Crippen molar-refractivity contribution in [2.24, 2.45) is 0 Å². The van der Waals surface area contributed by atoms with Gasteiger partial charge in [0.05, 0.1) is 17.1 Å². The molecule has 195 valence electrons. The summed E-state index contributed by atoms with van der Waals surface area (Å²) in [6.45, 7) is 0. The van der Waals surface area contributed by atoms with Gasteiger partial charge in [-0.25, -0.2) is 0 Å². The average molecular weight is 816 g/mol. The summed E-state index contributed by atoms with van der Waals surface area (Å²) >= 11 is 6.86. The van der Waals surface area contributed by atoms with Gasteiger partial charge in [0.1, 0.15) is 0 Å². The number of aromatic nitrogens is 3. The predicted molar refractivity (Wildman–Crippen MR) is 164 cm³/mol. The minimum absolute atomic E-state index is 0. The van der Waals surface area contributed by atoms with Crippen LogP contribution in [0.15, 0.2) is 161 Å². The van der Waals surface area contributed by atoms with Crippen LogP contribution in [0.25, 0.3) is 33.8 Å². The fraction of sp³-hybridized carbons (Fsp3) is 0. The standard InChI is InChI=1S/2C11H8BrN.C11H9N.Ir/c2*12-10-5-3-4-9(8-10)11-6-1-2-7-13-11;1-2-6-10(7-3-1)11-8-4-5-9-12-11;/h2*1-8H;1-9H;. The Kier molecular flexibility index (Phi) is 12.9. The van der Waals surface area contributed by atoms with E-state index >= 15 is 0 Å². The third kappa shape index (κ3) is 10.1. The van der Waals surface area contributed by atoms with Crippen LogP contribution >= 0.6 is 31.9 Å². The van der Waals surface area contributed by atoms with Crippen molar-refractivity contribution in [3.8, 4) is 33.8 Å². The third-order valence-electron chi connectivity index (χ3n) is 5.30. The van der Waals surface area contributed by atoms with E-state index in [-0.39, 0.29) is 20.1 Å². The molecule has 3 heterocycles. The van der Waals surface area contributed by atoms with Crippen LogP contribution in [-0.4, -0.2) is 15.0 Å². The molecule has 1 radical (unpaired) electrons. The van der Waals surface area contributed by atoms with Crippen molar-refractivity contribution in [2.75, 3.05) is 0 Å². The molecule has 6 aromatic rings. The van der Waals surface area contributed by atoms with Gasteiger partial charge < -0.3 is 0 Å². The van der Waals surface area contributed by atoms with Gasteiger partial charge in [0.15, 0.2) is 0 Å². The van der Waals surface area contributed by atoms with Gasteiger partial charge in [0, 0.05) is 64.3 Å². The van der Waals surface area contributed by atoms with E-state index in [1.807, 2.05) is 115 Å². The van der Waals surface area contributed by atoms with E-state index in [0.29, 0.717) is 0 Å². The Bertz CT molecular complexity index is 1400. The van der Waals surface area contributed by atoms with Crippen molar-refractivity contribution in [1.29, 1.82) is 0 Å². The summed E-state index contributed by atoms with van der Waals surface area (Å²) in [7, 11) is 0. The Morgan fingerprint density at radius 3 is 1.08 bits per heavy atom. The molecular weight excluding hydrogens is 790 g/mol. The van der Waals surface area contributed by atoms with Gasteiger partial charge in [-0.15, -0.1) is 0 Å². The molecule has 6 heteroatoms. The van der Waals surface area contributed by atoms with Gasteiger partial charge in [0.25, 0.3) is 0 Å². The van der Waals surface area contributed by atoms with Crippen molar-refractivity contribution >= 4 is 31.9 Å². The maximum absolute atomic E-state index is 4.27. The van der Waals surface area contributed by atoms with E-state index in [0.717, 1.165) is 42.7 Å². The van der Waals surface area contributed by atoms with E-state index in [1.54, 1.807) is 12.4 Å². The average Bonchev–Trinajstić information content (AvgIpc) is 3.00. The van der Waals surface area contributed by atoms with Crippen molar-refractivity contribution in [1.82, 2.24) is 15.0 Å². The van der Waals surface area contributed by atoms with E-state index in [2.05, 4.69) is 71.1 Å². The topological polar surface area (TPSA) is 38.7 Å². The van der Waals surface area contributed by atoms with Gasteiger partial charge in [-0.2, -0.15) is 0 Å². The minimum atomic E-state index is 0. The first-order valence-electron chi connectivity index (χ1n) is 12.0. The molecule has 0 bridgehead atoms. The molecule has 0 spiro atoms. The van der Waals surface area contributed by atoms with E-state index in [4.69, 9.17) is 0 Å². The maximum Gasteiger partial charge on any atom is 0.0702 e. The first kappa shape index (κ1) is 30.3. The van der Waals surface area contributed by atoms with Crippen LogP contribution in [0.2, 0.25) is 0 Å². The summed E-state index contributed by atoms with van der Waals surface area (Å²) in [6.07, 6.45) is 5.41. The molecule has 0 aliphatic rings. The molecular formula is C33H25Br2IrN3. The monoisotopic (exact) mass is 814 g/mol. The molecule has 0 N–H and O–H groups in total. The van der Waals surface area contributed by atoms with E-state index in [1.165, 1.54) is 0 Å². The van der Waals surface area contributed by atoms with Crippen LogP contribution in [0.5, 0.6) is 0 Å². The van der Waals surface area contributed by atoms with Crippen LogP contribution in [-0.2, 0) is 20.1 Å². The molecule has 0 aliphatic carbocycles. The van der Waals surface area contributed by atoms with Crippen molar-refractivity contribution in [3.05, 3.63) is 161 Å². The number of hydrogen-bond donors (Lipinski definition) is 0. The second-order valence-corrected chi connectivity index (χ2v) is 9.86. The fourth-order valence-electron chi connectivity index (χ4n) is 3.51. The molecule has 3 nitrogen and oxygen atoms in total. The zero-order valence-corrected chi connectivity index (χ0v) is 26.4. The first-order valence-corrected chi connectivity index (χ1v) is 13.6. The zero-order chi connectivity index (χ0) is 26.4. The molecule has 0 atom stereocenters. The van der Waals surface area contributed by atoms with Crippen LogP contribution < -0.4 is 0 Å². The molecule has 3 aromatic carbocycles. The summed E-state index contributed by atoms with van der Waals surface area (Å²) in [6, 6.07) is 44.1. The summed E-state index contributed by atoms with van der Waals surface area (Å²) in [4.78, 5) is 12.8. The van der Waals surface area contributed by atoms with Gasteiger partial charge >= 0.3 is 0 Å². The summed E-state index contributed by atoms with van der Waals surface area (Å²) < 4.78 is 2.16. The van der Waals surface area contributed by atoms with Crippen LogP contribution in [0.4, 0.5) is 0 Å². The Balaban J connectivity index is 0.000000160. The summed E-state index contributed by atoms with van der Waals surface area (Å²) in [5, 5.41) is 0. The van der Waals surface area contributed by atoms with Crippen LogP contribution in [0, 0.1) is 0 Å². The van der Waals surface area contributed by atoms with Crippen molar-refractivity contribution in [2.45, 2.75) is 0 Å². The Morgan fingerprint density at radius 2 is 0.718 bits per heavy atom. The van der Waals surface area contributed by atoms with Gasteiger partial charge in [-0.3, -0.25) is 15.0 Å². The Hall–Kier alpha value is -3.28. The number of nitrogens with zero attached hydrogens (tertiary/aromatic N) is 3. The van der Waals surface area contributed by atoms with E-state index in [9.17, 15) is 0 Å². The SMILES string of the molecule is Brc1cccc(-c2ccccn2)c1.Brc1cccc(-c2ccccn2)c1.[Ir].c1ccc(-c2ccccn2)cc1. The molecule has 6 rings (SSSR count). The summed E-state index contributed by atoms with van der Waals surface area (Å²) in [5.41, 5.74) is 6.47. The van der Waals surface area contributed by atoms with Gasteiger partial charge in [-0.05, 0) is 60.7 Å². The summed E-state index contributed by atoms with van der Waals surface area (Å²) in [5.74, 6) is 0. The zero-order valence-electron chi connectivity index (χ0n) is 20.9. The molecule has 3 aromatic heterocycles. The molecule has 0 fully saturated rings. The normalized spacial score (nSPS) is 9.59. The van der Waals surface area contributed by atoms with Crippen molar-refractivity contribution in [3.63, 3.8) is 0 Å². The fourth-order valence-corrected chi connectivity index (χ4v) is 4.30. The molecule has 0 unspecified atom stereocenters. The molecule has 0 saturated carbocycles. The van der Waals surface area contributed by atoms with Crippen LogP contribution in [0.3, 0.4) is 0 Å². The second-order valence-electron chi connectivity index (χ2n) is 8.03.